The number of furan rings is 1. The number of nitro benzene ring substituents is 1. The van der Waals surface area contributed by atoms with Crippen LogP contribution in [0, 0.1) is 10.1 Å². The number of hydrogen-bond acceptors (Lipinski definition) is 5. The van der Waals surface area contributed by atoms with Crippen molar-refractivity contribution in [2.45, 2.75) is 31.8 Å². The lowest BCUT2D eigenvalue weighted by molar-refractivity contribution is -0.384. The Kier molecular flexibility index (Phi) is 6.05. The molecule has 8 heteroatoms. The van der Waals surface area contributed by atoms with Crippen LogP contribution in [-0.4, -0.2) is 15.0 Å². The van der Waals surface area contributed by atoms with Gasteiger partial charge in [0.15, 0.2) is 5.11 Å². The summed E-state index contributed by atoms with van der Waals surface area (Å²) in [6, 6.07) is 23.9. The average molecular weight is 485 g/mol. The fraction of sp³-hybridized carbons (Fsp3) is 0.185. The van der Waals surface area contributed by atoms with Gasteiger partial charge in [0.05, 0.1) is 16.7 Å². The van der Waals surface area contributed by atoms with E-state index < -0.39 is 4.92 Å². The van der Waals surface area contributed by atoms with Crippen molar-refractivity contribution in [3.63, 3.8) is 0 Å². The number of hydrogen-bond donors (Lipinski definition) is 1. The van der Waals surface area contributed by atoms with Gasteiger partial charge in [0.1, 0.15) is 17.6 Å². The van der Waals surface area contributed by atoms with Crippen molar-refractivity contribution in [3.05, 3.63) is 112 Å². The number of nitrogens with zero attached hydrogens (tertiary/aromatic N) is 3. The van der Waals surface area contributed by atoms with E-state index in [0.29, 0.717) is 22.6 Å². The van der Waals surface area contributed by atoms with Crippen molar-refractivity contribution in [1.82, 2.24) is 10.3 Å². The molecule has 7 nitrogen and oxygen atoms in total. The summed E-state index contributed by atoms with van der Waals surface area (Å²) in [6.07, 6.45) is 1.77. The van der Waals surface area contributed by atoms with Crippen LogP contribution in [0.5, 0.6) is 0 Å². The van der Waals surface area contributed by atoms with Crippen LogP contribution < -0.4 is 10.2 Å². The molecule has 0 radical (unpaired) electrons. The zero-order valence-electron chi connectivity index (χ0n) is 19.3. The first-order valence-corrected chi connectivity index (χ1v) is 11.8. The van der Waals surface area contributed by atoms with Crippen molar-refractivity contribution >= 4 is 28.7 Å². The number of benzene rings is 2. The highest BCUT2D eigenvalue weighted by Gasteiger charge is 2.42. The van der Waals surface area contributed by atoms with E-state index in [1.807, 2.05) is 30.3 Å². The monoisotopic (exact) mass is 484 g/mol. The predicted molar refractivity (Wildman–Crippen MR) is 139 cm³/mol. The molecule has 1 aliphatic heterocycles. The SMILES string of the molecule is CC(C)c1ccc(N2C(=S)N[C@@H](c3ccccn3)[C@@H]2c2ccc(-c3ccc([N+](=O)[O-])cc3)o2)cc1. The van der Waals surface area contributed by atoms with Crippen LogP contribution in [0.1, 0.15) is 48.9 Å². The van der Waals surface area contributed by atoms with Gasteiger partial charge < -0.3 is 14.6 Å². The highest BCUT2D eigenvalue weighted by Crippen LogP contribution is 2.43. The molecular formula is C27H24N4O3S. The molecular weight excluding hydrogens is 460 g/mol. The van der Waals surface area contributed by atoms with Gasteiger partial charge in [0.25, 0.3) is 5.69 Å². The Labute approximate surface area is 208 Å². The first-order chi connectivity index (χ1) is 16.9. The number of nitrogens with one attached hydrogen (secondary N) is 1. The molecule has 35 heavy (non-hydrogen) atoms. The number of thiocarbonyl (C=S) groups is 1. The quantitative estimate of drug-likeness (QED) is 0.189. The topological polar surface area (TPSA) is 84.4 Å². The van der Waals surface area contributed by atoms with E-state index in [9.17, 15) is 10.1 Å². The molecule has 2 aromatic heterocycles. The number of nitro groups is 1. The summed E-state index contributed by atoms with van der Waals surface area (Å²) in [4.78, 5) is 17.2. The van der Waals surface area contributed by atoms with E-state index in [0.717, 1.165) is 16.9 Å². The third-order valence-electron chi connectivity index (χ3n) is 6.22. The van der Waals surface area contributed by atoms with E-state index in [1.165, 1.54) is 17.7 Å². The molecule has 0 bridgehead atoms. The Morgan fingerprint density at radius 1 is 1.03 bits per heavy atom. The van der Waals surface area contributed by atoms with E-state index in [4.69, 9.17) is 16.6 Å². The van der Waals surface area contributed by atoms with Gasteiger partial charge >= 0.3 is 0 Å². The molecule has 0 amide bonds. The zero-order valence-corrected chi connectivity index (χ0v) is 20.1. The van der Waals surface area contributed by atoms with Gasteiger partial charge in [-0.2, -0.15) is 0 Å². The molecule has 1 N–H and O–H groups in total. The summed E-state index contributed by atoms with van der Waals surface area (Å²) in [7, 11) is 0. The van der Waals surface area contributed by atoms with Crippen molar-refractivity contribution in [3.8, 4) is 11.3 Å². The normalized spacial score (nSPS) is 17.6. The van der Waals surface area contributed by atoms with E-state index in [2.05, 4.69) is 53.3 Å². The molecule has 0 saturated carbocycles. The van der Waals surface area contributed by atoms with Crippen LogP contribution in [0.4, 0.5) is 11.4 Å². The maximum Gasteiger partial charge on any atom is 0.269 e. The van der Waals surface area contributed by atoms with Crippen molar-refractivity contribution in [2.75, 3.05) is 4.90 Å². The average Bonchev–Trinajstić information content (AvgIpc) is 3.49. The predicted octanol–water partition coefficient (Wildman–Crippen LogP) is 6.55. The van der Waals surface area contributed by atoms with Crippen LogP contribution in [0.2, 0.25) is 0 Å². The lowest BCUT2D eigenvalue weighted by Gasteiger charge is -2.26. The zero-order chi connectivity index (χ0) is 24.5. The standard InChI is InChI=1S/C27H24N4O3S/c1-17(2)18-6-10-20(11-7-18)30-26(25(29-27(30)35)22-5-3-4-16-28-22)24-15-14-23(34-24)19-8-12-21(13-9-19)31(32)33/h3-17,25-26H,1-2H3,(H,29,35)/t25-,26-/m0/s1. The third kappa shape index (κ3) is 4.40. The maximum absolute atomic E-state index is 11.0. The van der Waals surface area contributed by atoms with Crippen molar-refractivity contribution < 1.29 is 9.34 Å². The highest BCUT2D eigenvalue weighted by molar-refractivity contribution is 7.80. The molecule has 4 aromatic rings. The molecule has 0 aliphatic carbocycles. The lowest BCUT2D eigenvalue weighted by atomic mass is 10.0. The second-order valence-electron chi connectivity index (χ2n) is 8.75. The second kappa shape index (κ2) is 9.31. The second-order valence-corrected chi connectivity index (χ2v) is 9.14. The van der Waals surface area contributed by atoms with Crippen LogP contribution in [0.3, 0.4) is 0 Å². The number of pyridine rings is 1. The molecule has 1 aliphatic rings. The molecule has 0 unspecified atom stereocenters. The summed E-state index contributed by atoms with van der Waals surface area (Å²) in [5, 5.41) is 15.0. The van der Waals surface area contributed by atoms with Crippen molar-refractivity contribution in [1.29, 1.82) is 0 Å². The Hall–Kier alpha value is -4.04. The first-order valence-electron chi connectivity index (χ1n) is 11.4. The summed E-state index contributed by atoms with van der Waals surface area (Å²) in [6.45, 7) is 4.33. The number of aromatic nitrogens is 1. The van der Waals surface area contributed by atoms with Gasteiger partial charge in [-0.3, -0.25) is 15.1 Å². The number of anilines is 1. The van der Waals surface area contributed by atoms with E-state index in [1.54, 1.807) is 18.3 Å². The summed E-state index contributed by atoms with van der Waals surface area (Å²) < 4.78 is 6.33. The van der Waals surface area contributed by atoms with Gasteiger partial charge in [0.2, 0.25) is 0 Å². The lowest BCUT2D eigenvalue weighted by Crippen LogP contribution is -2.29. The minimum atomic E-state index is -0.414. The van der Waals surface area contributed by atoms with Crippen LogP contribution >= 0.6 is 12.2 Å². The smallest absolute Gasteiger partial charge is 0.269 e. The Balaban J connectivity index is 1.55. The van der Waals surface area contributed by atoms with Gasteiger partial charge in [0, 0.05) is 29.6 Å². The fourth-order valence-electron chi connectivity index (χ4n) is 4.36. The largest absolute Gasteiger partial charge is 0.459 e. The highest BCUT2D eigenvalue weighted by atomic mass is 32.1. The number of non-ortho nitro benzene ring substituents is 1. The van der Waals surface area contributed by atoms with Crippen LogP contribution in [-0.2, 0) is 0 Å². The van der Waals surface area contributed by atoms with Gasteiger partial charge in [-0.15, -0.1) is 0 Å². The number of rotatable bonds is 6. The van der Waals surface area contributed by atoms with Gasteiger partial charge in [-0.25, -0.2) is 0 Å². The summed E-state index contributed by atoms with van der Waals surface area (Å²) in [5.74, 6) is 1.77. The molecule has 1 fully saturated rings. The third-order valence-corrected chi connectivity index (χ3v) is 6.53. The van der Waals surface area contributed by atoms with Gasteiger partial charge in [-0.1, -0.05) is 32.0 Å². The summed E-state index contributed by atoms with van der Waals surface area (Å²) in [5.41, 5.74) is 3.87. The molecule has 3 heterocycles. The Bertz CT molecular complexity index is 1350. The van der Waals surface area contributed by atoms with Crippen LogP contribution in [0.25, 0.3) is 11.3 Å². The van der Waals surface area contributed by atoms with Gasteiger partial charge in [-0.05, 0) is 72.2 Å². The van der Waals surface area contributed by atoms with Crippen molar-refractivity contribution in [2.24, 2.45) is 0 Å². The fourth-order valence-corrected chi connectivity index (χ4v) is 4.70. The molecule has 1 saturated heterocycles. The molecule has 5 rings (SSSR count). The minimum Gasteiger partial charge on any atom is -0.459 e. The van der Waals surface area contributed by atoms with E-state index in [-0.39, 0.29) is 17.8 Å². The van der Waals surface area contributed by atoms with Crippen LogP contribution in [0.15, 0.2) is 89.5 Å². The Morgan fingerprint density at radius 2 is 1.77 bits per heavy atom. The minimum absolute atomic E-state index is 0.0390. The summed E-state index contributed by atoms with van der Waals surface area (Å²) >= 11 is 5.78. The molecule has 176 valence electrons. The molecule has 2 aromatic carbocycles. The molecule has 2 atom stereocenters. The first kappa shape index (κ1) is 22.7. The Morgan fingerprint density at radius 3 is 2.40 bits per heavy atom. The molecule has 0 spiro atoms. The maximum atomic E-state index is 11.0. The van der Waals surface area contributed by atoms with E-state index >= 15 is 0 Å².